The van der Waals surface area contributed by atoms with E-state index < -0.39 is 0 Å². The lowest BCUT2D eigenvalue weighted by atomic mass is 10.2. The molecule has 114 valence electrons. The number of hydrogen-bond donors (Lipinski definition) is 0. The fourth-order valence-electron chi connectivity index (χ4n) is 1.97. The van der Waals surface area contributed by atoms with E-state index in [0.717, 1.165) is 5.56 Å². The van der Waals surface area contributed by atoms with E-state index in [1.165, 1.54) is 7.11 Å². The van der Waals surface area contributed by atoms with E-state index in [2.05, 4.69) is 14.7 Å². The molecular formula is C16H17N3O3. The molecule has 0 spiro atoms. The predicted molar refractivity (Wildman–Crippen MR) is 79.8 cm³/mol. The molecule has 0 bridgehead atoms. The van der Waals surface area contributed by atoms with Gasteiger partial charge in [-0.05, 0) is 29.8 Å². The molecule has 0 saturated heterocycles. The standard InChI is InChI=1S/C16H17N3O3/c1-22-15(20)6-11-19(12-13-2-7-17-8-3-13)16(21)14-4-9-18-10-5-14/h2-5,7-10H,6,11-12H2,1H3. The van der Waals surface area contributed by atoms with Gasteiger partial charge in [-0.15, -0.1) is 0 Å². The number of carbonyl (C=O) groups excluding carboxylic acids is 2. The lowest BCUT2D eigenvalue weighted by Crippen LogP contribution is -2.32. The van der Waals surface area contributed by atoms with Crippen molar-refractivity contribution in [2.24, 2.45) is 0 Å². The number of nitrogens with zero attached hydrogens (tertiary/aromatic N) is 3. The lowest BCUT2D eigenvalue weighted by Gasteiger charge is -2.22. The molecule has 2 aromatic heterocycles. The average Bonchev–Trinajstić information content (AvgIpc) is 2.59. The van der Waals surface area contributed by atoms with Crippen LogP contribution in [0.1, 0.15) is 22.3 Å². The van der Waals surface area contributed by atoms with E-state index in [0.29, 0.717) is 12.1 Å². The fraction of sp³-hybridized carbons (Fsp3) is 0.250. The van der Waals surface area contributed by atoms with Crippen LogP contribution in [0.2, 0.25) is 0 Å². The Morgan fingerprint density at radius 1 is 1.05 bits per heavy atom. The molecule has 0 radical (unpaired) electrons. The minimum atomic E-state index is -0.345. The van der Waals surface area contributed by atoms with Gasteiger partial charge in [0.15, 0.2) is 0 Å². The molecule has 0 aliphatic carbocycles. The first-order chi connectivity index (χ1) is 10.7. The van der Waals surface area contributed by atoms with Gasteiger partial charge >= 0.3 is 5.97 Å². The molecule has 0 N–H and O–H groups in total. The van der Waals surface area contributed by atoms with Crippen molar-refractivity contribution >= 4 is 11.9 Å². The van der Waals surface area contributed by atoms with Crippen LogP contribution in [0, 0.1) is 0 Å². The average molecular weight is 299 g/mol. The molecule has 2 rings (SSSR count). The van der Waals surface area contributed by atoms with Gasteiger partial charge < -0.3 is 9.64 Å². The smallest absolute Gasteiger partial charge is 0.307 e. The van der Waals surface area contributed by atoms with Crippen LogP contribution in [0.3, 0.4) is 0 Å². The summed E-state index contributed by atoms with van der Waals surface area (Å²) in [5.74, 6) is -0.495. The molecule has 6 nitrogen and oxygen atoms in total. The highest BCUT2D eigenvalue weighted by atomic mass is 16.5. The largest absolute Gasteiger partial charge is 0.469 e. The van der Waals surface area contributed by atoms with Gasteiger partial charge in [-0.2, -0.15) is 0 Å². The van der Waals surface area contributed by atoms with Gasteiger partial charge in [0, 0.05) is 43.4 Å². The Kier molecular flexibility index (Phi) is 5.59. The number of carbonyl (C=O) groups is 2. The van der Waals surface area contributed by atoms with E-state index in [-0.39, 0.29) is 24.8 Å². The normalized spacial score (nSPS) is 10.0. The van der Waals surface area contributed by atoms with Crippen LogP contribution < -0.4 is 0 Å². The second-order valence-electron chi connectivity index (χ2n) is 4.64. The van der Waals surface area contributed by atoms with Crippen molar-refractivity contribution in [3.8, 4) is 0 Å². The highest BCUT2D eigenvalue weighted by molar-refractivity contribution is 5.94. The molecule has 2 heterocycles. The maximum absolute atomic E-state index is 12.6. The van der Waals surface area contributed by atoms with Gasteiger partial charge in [-0.25, -0.2) is 0 Å². The molecule has 0 aromatic carbocycles. The Hall–Kier alpha value is -2.76. The molecule has 1 amide bonds. The first-order valence-electron chi connectivity index (χ1n) is 6.85. The van der Waals surface area contributed by atoms with E-state index in [1.807, 2.05) is 12.1 Å². The summed E-state index contributed by atoms with van der Waals surface area (Å²) in [7, 11) is 1.33. The molecule has 0 unspecified atom stereocenters. The maximum atomic E-state index is 12.6. The highest BCUT2D eigenvalue weighted by Crippen LogP contribution is 2.10. The van der Waals surface area contributed by atoms with Gasteiger partial charge in [0.1, 0.15) is 0 Å². The molecule has 0 aliphatic rings. The Morgan fingerprint density at radius 2 is 1.64 bits per heavy atom. The number of rotatable bonds is 6. The van der Waals surface area contributed by atoms with Crippen molar-refractivity contribution < 1.29 is 14.3 Å². The van der Waals surface area contributed by atoms with Crippen LogP contribution in [-0.2, 0) is 16.1 Å². The van der Waals surface area contributed by atoms with Crippen molar-refractivity contribution in [3.05, 3.63) is 60.2 Å². The summed E-state index contributed by atoms with van der Waals surface area (Å²) in [5.41, 5.74) is 1.48. The van der Waals surface area contributed by atoms with Crippen LogP contribution in [0.4, 0.5) is 0 Å². The van der Waals surface area contributed by atoms with Crippen molar-refractivity contribution in [3.63, 3.8) is 0 Å². The van der Waals surface area contributed by atoms with Crippen molar-refractivity contribution in [2.75, 3.05) is 13.7 Å². The number of ether oxygens (including phenoxy) is 1. The Labute approximate surface area is 128 Å². The summed E-state index contributed by atoms with van der Waals surface area (Å²) in [4.78, 5) is 33.4. The minimum absolute atomic E-state index is 0.150. The third-order valence-corrected chi connectivity index (χ3v) is 3.15. The third kappa shape index (κ3) is 4.37. The summed E-state index contributed by atoms with van der Waals surface area (Å²) < 4.78 is 4.64. The Morgan fingerprint density at radius 3 is 2.23 bits per heavy atom. The van der Waals surface area contributed by atoms with Crippen molar-refractivity contribution in [1.82, 2.24) is 14.9 Å². The van der Waals surface area contributed by atoms with E-state index in [1.54, 1.807) is 41.8 Å². The zero-order valence-corrected chi connectivity index (χ0v) is 12.3. The number of aromatic nitrogens is 2. The molecule has 22 heavy (non-hydrogen) atoms. The highest BCUT2D eigenvalue weighted by Gasteiger charge is 2.17. The van der Waals surface area contributed by atoms with Crippen LogP contribution in [0.25, 0.3) is 0 Å². The Bertz CT molecular complexity index is 617. The van der Waals surface area contributed by atoms with E-state index in [9.17, 15) is 9.59 Å². The second-order valence-corrected chi connectivity index (χ2v) is 4.64. The fourth-order valence-corrected chi connectivity index (χ4v) is 1.97. The number of amides is 1. The third-order valence-electron chi connectivity index (χ3n) is 3.15. The number of methoxy groups -OCH3 is 1. The summed E-state index contributed by atoms with van der Waals surface area (Å²) in [5, 5.41) is 0. The monoisotopic (exact) mass is 299 g/mol. The molecule has 2 aromatic rings. The predicted octanol–water partition coefficient (Wildman–Crippen LogP) is 1.68. The van der Waals surface area contributed by atoms with E-state index in [4.69, 9.17) is 0 Å². The SMILES string of the molecule is COC(=O)CCN(Cc1ccncc1)C(=O)c1ccncc1. The van der Waals surface area contributed by atoms with Crippen LogP contribution in [0.5, 0.6) is 0 Å². The lowest BCUT2D eigenvalue weighted by molar-refractivity contribution is -0.140. The van der Waals surface area contributed by atoms with Crippen molar-refractivity contribution in [2.45, 2.75) is 13.0 Å². The van der Waals surface area contributed by atoms with Gasteiger partial charge in [-0.1, -0.05) is 0 Å². The van der Waals surface area contributed by atoms with Crippen LogP contribution >= 0.6 is 0 Å². The van der Waals surface area contributed by atoms with Gasteiger partial charge in [-0.3, -0.25) is 19.6 Å². The molecule has 6 heteroatoms. The van der Waals surface area contributed by atoms with Crippen LogP contribution in [0.15, 0.2) is 49.1 Å². The summed E-state index contributed by atoms with van der Waals surface area (Å²) in [6, 6.07) is 6.98. The first-order valence-corrected chi connectivity index (χ1v) is 6.85. The van der Waals surface area contributed by atoms with E-state index >= 15 is 0 Å². The summed E-state index contributed by atoms with van der Waals surface area (Å²) in [6.07, 6.45) is 6.63. The quantitative estimate of drug-likeness (QED) is 0.759. The minimum Gasteiger partial charge on any atom is -0.469 e. The molecule has 0 fully saturated rings. The summed E-state index contributed by atoms with van der Waals surface area (Å²) >= 11 is 0. The molecular weight excluding hydrogens is 282 g/mol. The Balaban J connectivity index is 2.13. The molecule has 0 atom stereocenters. The van der Waals surface area contributed by atoms with Gasteiger partial charge in [0.2, 0.25) is 0 Å². The zero-order chi connectivity index (χ0) is 15.8. The number of esters is 1. The maximum Gasteiger partial charge on any atom is 0.307 e. The van der Waals surface area contributed by atoms with Crippen LogP contribution in [-0.4, -0.2) is 40.4 Å². The molecule has 0 aliphatic heterocycles. The van der Waals surface area contributed by atoms with Crippen molar-refractivity contribution in [1.29, 1.82) is 0 Å². The number of hydrogen-bond acceptors (Lipinski definition) is 5. The van der Waals surface area contributed by atoms with Gasteiger partial charge in [0.25, 0.3) is 5.91 Å². The first kappa shape index (κ1) is 15.6. The van der Waals surface area contributed by atoms with Gasteiger partial charge in [0.05, 0.1) is 13.5 Å². The summed E-state index contributed by atoms with van der Waals surface area (Å²) in [6.45, 7) is 0.691. The topological polar surface area (TPSA) is 72.4 Å². The molecule has 0 saturated carbocycles. The second kappa shape index (κ2) is 7.87. The number of pyridine rings is 2. The zero-order valence-electron chi connectivity index (χ0n) is 12.3.